The predicted octanol–water partition coefficient (Wildman–Crippen LogP) is 4.15. The van der Waals surface area contributed by atoms with Crippen molar-refractivity contribution < 1.29 is 19.2 Å². The first kappa shape index (κ1) is 16.8. The maximum absolute atomic E-state index is 11.6. The molecule has 2 aromatic rings. The fourth-order valence-electron chi connectivity index (χ4n) is 2.02. The Kier molecular flexibility index (Phi) is 5.54. The normalized spacial score (nSPS) is 10.2. The van der Waals surface area contributed by atoms with Crippen molar-refractivity contribution in [1.29, 1.82) is 0 Å². The van der Waals surface area contributed by atoms with Crippen LogP contribution in [0.1, 0.15) is 12.5 Å². The number of nitro benzene ring substituents is 1. The van der Waals surface area contributed by atoms with Crippen LogP contribution in [-0.2, 0) is 16.0 Å². The second-order valence-electron chi connectivity index (χ2n) is 4.56. The molecule has 0 atom stereocenters. The van der Waals surface area contributed by atoms with Gasteiger partial charge in [0, 0.05) is 10.6 Å². The minimum Gasteiger partial charge on any atom is -0.466 e. The van der Waals surface area contributed by atoms with Gasteiger partial charge in [0.25, 0.3) is 0 Å². The molecular formula is C16H14ClNO5. The van der Waals surface area contributed by atoms with Crippen LogP contribution in [0.2, 0.25) is 5.02 Å². The molecule has 0 amide bonds. The van der Waals surface area contributed by atoms with Crippen molar-refractivity contribution in [3.8, 4) is 11.5 Å². The number of esters is 1. The fourth-order valence-corrected chi connectivity index (χ4v) is 2.21. The molecule has 0 spiro atoms. The summed E-state index contributed by atoms with van der Waals surface area (Å²) in [5.41, 5.74) is -0.0338. The molecule has 0 unspecified atom stereocenters. The summed E-state index contributed by atoms with van der Waals surface area (Å²) in [5, 5.41) is 11.8. The van der Waals surface area contributed by atoms with Gasteiger partial charge in [0.2, 0.25) is 5.75 Å². The standard InChI is InChI=1S/C16H14ClNO5/c1-2-22-15(19)9-11-5-3-8-14(16(11)18(20)21)23-13-7-4-6-12(17)10-13/h3-8,10H,2,9H2,1H3. The molecular weight excluding hydrogens is 322 g/mol. The first-order chi connectivity index (χ1) is 11.0. The van der Waals surface area contributed by atoms with Crippen LogP contribution < -0.4 is 4.74 Å². The topological polar surface area (TPSA) is 78.7 Å². The molecule has 6 nitrogen and oxygen atoms in total. The van der Waals surface area contributed by atoms with E-state index < -0.39 is 10.9 Å². The van der Waals surface area contributed by atoms with Crippen molar-refractivity contribution in [3.05, 3.63) is 63.2 Å². The van der Waals surface area contributed by atoms with Crippen molar-refractivity contribution in [2.24, 2.45) is 0 Å². The Balaban J connectivity index is 2.35. The van der Waals surface area contributed by atoms with Gasteiger partial charge in [-0.3, -0.25) is 14.9 Å². The van der Waals surface area contributed by atoms with E-state index in [9.17, 15) is 14.9 Å². The smallest absolute Gasteiger partial charge is 0.315 e. The van der Waals surface area contributed by atoms with Crippen molar-refractivity contribution in [3.63, 3.8) is 0 Å². The Morgan fingerprint density at radius 2 is 2.00 bits per heavy atom. The lowest BCUT2D eigenvalue weighted by molar-refractivity contribution is -0.386. The van der Waals surface area contributed by atoms with E-state index in [4.69, 9.17) is 21.1 Å². The molecule has 120 valence electrons. The number of halogens is 1. The summed E-state index contributed by atoms with van der Waals surface area (Å²) in [7, 11) is 0. The van der Waals surface area contributed by atoms with Gasteiger partial charge in [0.15, 0.2) is 0 Å². The SMILES string of the molecule is CCOC(=O)Cc1cccc(Oc2cccc(Cl)c2)c1[N+](=O)[O-]. The molecule has 0 bridgehead atoms. The van der Waals surface area contributed by atoms with E-state index in [0.717, 1.165) is 0 Å². The Hall–Kier alpha value is -2.60. The fraction of sp³-hybridized carbons (Fsp3) is 0.188. The van der Waals surface area contributed by atoms with Gasteiger partial charge < -0.3 is 9.47 Å². The summed E-state index contributed by atoms with van der Waals surface area (Å²) in [4.78, 5) is 22.4. The molecule has 2 aromatic carbocycles. The second-order valence-corrected chi connectivity index (χ2v) is 5.00. The van der Waals surface area contributed by atoms with E-state index in [1.807, 2.05) is 0 Å². The zero-order chi connectivity index (χ0) is 16.8. The minimum atomic E-state index is -0.575. The van der Waals surface area contributed by atoms with Crippen molar-refractivity contribution in [2.75, 3.05) is 6.61 Å². The largest absolute Gasteiger partial charge is 0.466 e. The first-order valence-electron chi connectivity index (χ1n) is 6.86. The van der Waals surface area contributed by atoms with Crippen molar-refractivity contribution in [1.82, 2.24) is 0 Å². The minimum absolute atomic E-state index is 0.0408. The number of benzene rings is 2. The van der Waals surface area contributed by atoms with E-state index in [-0.39, 0.29) is 30.0 Å². The van der Waals surface area contributed by atoms with Crippen LogP contribution in [0.25, 0.3) is 0 Å². The summed E-state index contributed by atoms with van der Waals surface area (Å²) in [6.45, 7) is 1.89. The molecule has 0 aliphatic carbocycles. The zero-order valence-electron chi connectivity index (χ0n) is 12.3. The molecule has 7 heteroatoms. The molecule has 0 heterocycles. The number of carbonyl (C=O) groups is 1. The highest BCUT2D eigenvalue weighted by molar-refractivity contribution is 6.30. The van der Waals surface area contributed by atoms with E-state index in [1.165, 1.54) is 12.1 Å². The van der Waals surface area contributed by atoms with Crippen molar-refractivity contribution >= 4 is 23.3 Å². The molecule has 0 saturated heterocycles. The molecule has 0 N–H and O–H groups in total. The van der Waals surface area contributed by atoms with Gasteiger partial charge in [-0.1, -0.05) is 29.8 Å². The maximum atomic E-state index is 11.6. The maximum Gasteiger partial charge on any atom is 0.315 e. The van der Waals surface area contributed by atoms with Crippen LogP contribution in [-0.4, -0.2) is 17.5 Å². The summed E-state index contributed by atoms with van der Waals surface area (Å²) in [6, 6.07) is 11.1. The van der Waals surface area contributed by atoms with Gasteiger partial charge in [-0.15, -0.1) is 0 Å². The molecule has 0 fully saturated rings. The van der Waals surface area contributed by atoms with Gasteiger partial charge in [0.1, 0.15) is 5.75 Å². The van der Waals surface area contributed by atoms with Gasteiger partial charge in [0.05, 0.1) is 18.0 Å². The highest BCUT2D eigenvalue weighted by Crippen LogP contribution is 2.35. The summed E-state index contributed by atoms with van der Waals surface area (Å²) >= 11 is 5.87. The lowest BCUT2D eigenvalue weighted by atomic mass is 10.1. The van der Waals surface area contributed by atoms with Crippen LogP contribution in [0.5, 0.6) is 11.5 Å². The molecule has 0 aromatic heterocycles. The number of para-hydroxylation sites is 1. The summed E-state index contributed by atoms with van der Waals surface area (Å²) in [6.07, 6.45) is -0.198. The third kappa shape index (κ3) is 4.43. The van der Waals surface area contributed by atoms with Gasteiger partial charge >= 0.3 is 11.7 Å². The van der Waals surface area contributed by atoms with Gasteiger partial charge in [-0.2, -0.15) is 0 Å². The van der Waals surface area contributed by atoms with Crippen LogP contribution >= 0.6 is 11.6 Å². The number of nitrogens with zero attached hydrogens (tertiary/aromatic N) is 1. The van der Waals surface area contributed by atoms with Gasteiger partial charge in [-0.05, 0) is 31.2 Å². The first-order valence-corrected chi connectivity index (χ1v) is 7.24. The quantitative estimate of drug-likeness (QED) is 0.450. The number of rotatable bonds is 6. The molecule has 0 saturated carbocycles. The van der Waals surface area contributed by atoms with Crippen LogP contribution in [0.15, 0.2) is 42.5 Å². The van der Waals surface area contributed by atoms with Gasteiger partial charge in [-0.25, -0.2) is 0 Å². The highest BCUT2D eigenvalue weighted by atomic mass is 35.5. The molecule has 0 radical (unpaired) electrons. The Bertz CT molecular complexity index is 732. The number of ether oxygens (including phenoxy) is 2. The average Bonchev–Trinajstić information content (AvgIpc) is 2.47. The molecule has 23 heavy (non-hydrogen) atoms. The predicted molar refractivity (Wildman–Crippen MR) is 85.0 cm³/mol. The van der Waals surface area contributed by atoms with Crippen LogP contribution in [0.3, 0.4) is 0 Å². The van der Waals surface area contributed by atoms with E-state index in [1.54, 1.807) is 37.3 Å². The third-order valence-electron chi connectivity index (χ3n) is 2.93. The number of nitro groups is 1. The highest BCUT2D eigenvalue weighted by Gasteiger charge is 2.23. The third-order valence-corrected chi connectivity index (χ3v) is 3.16. The Morgan fingerprint density at radius 1 is 1.26 bits per heavy atom. The average molecular weight is 336 g/mol. The number of hydrogen-bond acceptors (Lipinski definition) is 5. The molecule has 0 aliphatic heterocycles. The molecule has 0 aliphatic rings. The molecule has 2 rings (SSSR count). The van der Waals surface area contributed by atoms with Crippen LogP contribution in [0, 0.1) is 10.1 Å². The van der Waals surface area contributed by atoms with E-state index in [2.05, 4.69) is 0 Å². The van der Waals surface area contributed by atoms with E-state index in [0.29, 0.717) is 10.8 Å². The van der Waals surface area contributed by atoms with Crippen LogP contribution in [0.4, 0.5) is 5.69 Å². The monoisotopic (exact) mass is 335 g/mol. The second kappa shape index (κ2) is 7.60. The lowest BCUT2D eigenvalue weighted by Crippen LogP contribution is -2.09. The summed E-state index contributed by atoms with van der Waals surface area (Å²) in [5.74, 6) is -0.122. The number of hydrogen-bond donors (Lipinski definition) is 0. The lowest BCUT2D eigenvalue weighted by Gasteiger charge is -2.09. The van der Waals surface area contributed by atoms with Crippen molar-refractivity contribution in [2.45, 2.75) is 13.3 Å². The zero-order valence-corrected chi connectivity index (χ0v) is 13.1. The Morgan fingerprint density at radius 3 is 2.65 bits per heavy atom. The summed E-state index contributed by atoms with van der Waals surface area (Å²) < 4.78 is 10.4. The van der Waals surface area contributed by atoms with E-state index >= 15 is 0 Å². The Labute approximate surface area is 137 Å². The number of carbonyl (C=O) groups excluding carboxylic acids is 1.